The molecule has 2 N–H and O–H groups in total. The molecule has 2 heterocycles. The molecule has 0 saturated carbocycles. The Hall–Kier alpha value is -2.51. The number of H-pyrrole nitrogens is 1. The molecular weight excluding hydrogens is 286 g/mol. The fourth-order valence-corrected chi connectivity index (χ4v) is 2.95. The minimum absolute atomic E-state index is 0.102. The van der Waals surface area contributed by atoms with Gasteiger partial charge in [0.25, 0.3) is 0 Å². The van der Waals surface area contributed by atoms with E-state index in [2.05, 4.69) is 20.5 Å². The fourth-order valence-electron chi connectivity index (χ4n) is 2.95. The molecule has 0 aromatic carbocycles. The maximum Gasteiger partial charge on any atom is 0.233 e. The minimum Gasteiger partial charge on any atom is -0.295 e. The van der Waals surface area contributed by atoms with Gasteiger partial charge >= 0.3 is 0 Å². The van der Waals surface area contributed by atoms with Crippen LogP contribution in [0.2, 0.25) is 0 Å². The van der Waals surface area contributed by atoms with Crippen molar-refractivity contribution in [2.24, 2.45) is 11.8 Å². The van der Waals surface area contributed by atoms with E-state index in [0.29, 0.717) is 19.3 Å². The quantitative estimate of drug-likeness (QED) is 0.607. The zero-order valence-electron chi connectivity index (χ0n) is 12.0. The van der Waals surface area contributed by atoms with Crippen molar-refractivity contribution in [3.05, 3.63) is 18.5 Å². The molecule has 3 rings (SSSR count). The third-order valence-electron chi connectivity index (χ3n) is 4.06. The van der Waals surface area contributed by atoms with Crippen LogP contribution < -0.4 is 5.32 Å². The number of rotatable bonds is 5. The summed E-state index contributed by atoms with van der Waals surface area (Å²) in [7, 11) is 0. The van der Waals surface area contributed by atoms with E-state index >= 15 is 0 Å². The third kappa shape index (κ3) is 2.76. The minimum atomic E-state index is -0.227. The van der Waals surface area contributed by atoms with E-state index in [4.69, 9.17) is 0 Å². The number of amides is 3. The first kappa shape index (κ1) is 14.4. The van der Waals surface area contributed by atoms with Crippen molar-refractivity contribution in [1.29, 1.82) is 0 Å². The summed E-state index contributed by atoms with van der Waals surface area (Å²) in [5.74, 6) is -0.559. The zero-order chi connectivity index (χ0) is 15.5. The lowest BCUT2D eigenvalue weighted by molar-refractivity contribution is -0.140. The van der Waals surface area contributed by atoms with E-state index in [9.17, 15) is 14.4 Å². The molecule has 2 aliphatic rings. The lowest BCUT2D eigenvalue weighted by Gasteiger charge is -2.14. The normalized spacial score (nSPS) is 23.7. The van der Waals surface area contributed by atoms with Crippen LogP contribution in [-0.4, -0.2) is 44.3 Å². The van der Waals surface area contributed by atoms with Gasteiger partial charge in [-0.2, -0.15) is 10.1 Å². The monoisotopic (exact) mass is 303 g/mol. The van der Waals surface area contributed by atoms with Gasteiger partial charge in [-0.15, -0.1) is 0 Å². The van der Waals surface area contributed by atoms with Crippen molar-refractivity contribution in [2.45, 2.75) is 25.7 Å². The van der Waals surface area contributed by atoms with E-state index in [-0.39, 0.29) is 48.5 Å². The topological polar surface area (TPSA) is 108 Å². The molecule has 0 radical (unpaired) electrons. The predicted molar refractivity (Wildman–Crippen MR) is 76.3 cm³/mol. The number of fused-ring (bicyclic) bond motifs is 1. The number of aromatic nitrogens is 3. The smallest absolute Gasteiger partial charge is 0.233 e. The predicted octanol–water partition coefficient (Wildman–Crippen LogP) is 0.475. The summed E-state index contributed by atoms with van der Waals surface area (Å²) in [5, 5.41) is 8.71. The molecule has 8 heteroatoms. The first-order chi connectivity index (χ1) is 10.7. The van der Waals surface area contributed by atoms with Gasteiger partial charge in [0.2, 0.25) is 23.7 Å². The zero-order valence-corrected chi connectivity index (χ0v) is 12.0. The Kier molecular flexibility index (Phi) is 3.99. The molecule has 8 nitrogen and oxygen atoms in total. The van der Waals surface area contributed by atoms with Gasteiger partial charge in [0.1, 0.15) is 6.33 Å². The fraction of sp³-hybridized carbons (Fsp3) is 0.500. The van der Waals surface area contributed by atoms with E-state index in [1.54, 1.807) is 0 Å². The average Bonchev–Trinajstić information content (AvgIpc) is 3.10. The molecule has 1 fully saturated rings. The summed E-state index contributed by atoms with van der Waals surface area (Å²) in [6.07, 6.45) is 7.14. The number of hydrogen-bond donors (Lipinski definition) is 2. The van der Waals surface area contributed by atoms with Crippen molar-refractivity contribution in [3.8, 4) is 0 Å². The molecular formula is C14H17N5O3. The van der Waals surface area contributed by atoms with Crippen LogP contribution in [0.4, 0.5) is 5.95 Å². The Morgan fingerprint density at radius 1 is 1.27 bits per heavy atom. The van der Waals surface area contributed by atoms with E-state index in [0.717, 1.165) is 0 Å². The summed E-state index contributed by atoms with van der Waals surface area (Å²) < 4.78 is 0. The van der Waals surface area contributed by atoms with Crippen molar-refractivity contribution >= 4 is 23.7 Å². The molecule has 1 aliphatic heterocycles. The van der Waals surface area contributed by atoms with E-state index in [1.807, 2.05) is 12.2 Å². The van der Waals surface area contributed by atoms with Gasteiger partial charge < -0.3 is 0 Å². The molecule has 0 unspecified atom stereocenters. The number of nitrogens with zero attached hydrogens (tertiary/aromatic N) is 3. The molecule has 3 amide bonds. The standard InChI is InChI=1S/C14H17N5O3/c20-11(17-14-15-8-16-18-14)6-3-7-19-12(21)9-4-1-2-5-10(9)13(19)22/h1-2,8-10H,3-7H2,(H2,15,16,17,18,20)/t9-,10-/m0/s1. The highest BCUT2D eigenvalue weighted by atomic mass is 16.2. The van der Waals surface area contributed by atoms with Crippen LogP contribution in [0, 0.1) is 11.8 Å². The Labute approximate surface area is 127 Å². The van der Waals surface area contributed by atoms with Crippen LogP contribution in [0.3, 0.4) is 0 Å². The average molecular weight is 303 g/mol. The van der Waals surface area contributed by atoms with E-state index in [1.165, 1.54) is 11.2 Å². The number of nitrogens with one attached hydrogen (secondary N) is 2. The second-order valence-electron chi connectivity index (χ2n) is 5.47. The highest BCUT2D eigenvalue weighted by molar-refractivity contribution is 6.05. The van der Waals surface area contributed by atoms with Gasteiger partial charge in [-0.25, -0.2) is 5.10 Å². The van der Waals surface area contributed by atoms with Gasteiger partial charge in [-0.3, -0.25) is 24.6 Å². The second-order valence-corrected chi connectivity index (χ2v) is 5.47. The van der Waals surface area contributed by atoms with Gasteiger partial charge in [0, 0.05) is 13.0 Å². The highest BCUT2D eigenvalue weighted by Gasteiger charge is 2.46. The van der Waals surface area contributed by atoms with Crippen LogP contribution in [0.25, 0.3) is 0 Å². The number of hydrogen-bond acceptors (Lipinski definition) is 5. The first-order valence-electron chi connectivity index (χ1n) is 7.32. The summed E-state index contributed by atoms with van der Waals surface area (Å²) in [6.45, 7) is 0.286. The molecule has 0 bridgehead atoms. The highest BCUT2D eigenvalue weighted by Crippen LogP contribution is 2.35. The number of allylic oxidation sites excluding steroid dienone is 2. The lowest BCUT2D eigenvalue weighted by Crippen LogP contribution is -2.32. The van der Waals surface area contributed by atoms with Gasteiger partial charge in [0.05, 0.1) is 11.8 Å². The number of anilines is 1. The number of imide groups is 1. The molecule has 1 saturated heterocycles. The Bertz CT molecular complexity index is 584. The second kappa shape index (κ2) is 6.08. The number of carbonyl (C=O) groups excluding carboxylic acids is 3. The summed E-state index contributed by atoms with van der Waals surface area (Å²) in [4.78, 5) is 41.3. The maximum atomic E-state index is 12.2. The first-order valence-corrected chi connectivity index (χ1v) is 7.32. The molecule has 1 aromatic heterocycles. The summed E-state index contributed by atoms with van der Waals surface area (Å²) in [5.41, 5.74) is 0. The lowest BCUT2D eigenvalue weighted by atomic mass is 9.85. The largest absolute Gasteiger partial charge is 0.295 e. The molecule has 22 heavy (non-hydrogen) atoms. The van der Waals surface area contributed by atoms with Crippen molar-refractivity contribution in [1.82, 2.24) is 20.1 Å². The van der Waals surface area contributed by atoms with Gasteiger partial charge in [-0.05, 0) is 19.3 Å². The Balaban J connectivity index is 1.48. The van der Waals surface area contributed by atoms with Crippen LogP contribution >= 0.6 is 0 Å². The number of carbonyl (C=O) groups is 3. The molecule has 1 aromatic rings. The Morgan fingerprint density at radius 2 is 1.95 bits per heavy atom. The van der Waals surface area contributed by atoms with Crippen molar-refractivity contribution in [2.75, 3.05) is 11.9 Å². The maximum absolute atomic E-state index is 12.2. The van der Waals surface area contributed by atoms with Gasteiger partial charge in [-0.1, -0.05) is 12.2 Å². The molecule has 2 atom stereocenters. The molecule has 0 spiro atoms. The Morgan fingerprint density at radius 3 is 2.55 bits per heavy atom. The van der Waals surface area contributed by atoms with Crippen molar-refractivity contribution < 1.29 is 14.4 Å². The van der Waals surface area contributed by atoms with Crippen LogP contribution in [0.5, 0.6) is 0 Å². The van der Waals surface area contributed by atoms with E-state index < -0.39 is 0 Å². The molecule has 1 aliphatic carbocycles. The van der Waals surface area contributed by atoms with Crippen LogP contribution in [-0.2, 0) is 14.4 Å². The molecule has 116 valence electrons. The number of aromatic amines is 1. The number of likely N-dealkylation sites (tertiary alicyclic amines) is 1. The summed E-state index contributed by atoms with van der Waals surface area (Å²) >= 11 is 0. The summed E-state index contributed by atoms with van der Waals surface area (Å²) in [6, 6.07) is 0. The van der Waals surface area contributed by atoms with Crippen molar-refractivity contribution in [3.63, 3.8) is 0 Å². The van der Waals surface area contributed by atoms with Crippen LogP contribution in [0.15, 0.2) is 18.5 Å². The SMILES string of the molecule is O=C(CCCN1C(=O)[C@H]2CC=CC[C@@H]2C1=O)Nc1ncn[nH]1. The third-order valence-corrected chi connectivity index (χ3v) is 4.06. The van der Waals surface area contributed by atoms with Gasteiger partial charge in [0.15, 0.2) is 0 Å². The van der Waals surface area contributed by atoms with Crippen LogP contribution in [0.1, 0.15) is 25.7 Å².